The fourth-order valence-electron chi connectivity index (χ4n) is 1.50. The van der Waals surface area contributed by atoms with Crippen LogP contribution in [-0.4, -0.2) is 17.1 Å². The van der Waals surface area contributed by atoms with Crippen molar-refractivity contribution in [2.24, 2.45) is 0 Å². The van der Waals surface area contributed by atoms with Crippen LogP contribution in [-0.2, 0) is 4.74 Å². The third kappa shape index (κ3) is 2.38. The molecule has 2 aromatic rings. The summed E-state index contributed by atoms with van der Waals surface area (Å²) >= 11 is 5.83. The molecule has 1 aromatic carbocycles. The predicted octanol–water partition coefficient (Wildman–Crippen LogP) is 2.87. The number of halogens is 1. The lowest BCUT2D eigenvalue weighted by molar-refractivity contribution is 0.129. The maximum atomic E-state index is 5.83. The number of ether oxygens (including phenoxy) is 1. The molecular weight excluding hydrogens is 224 g/mol. The lowest BCUT2D eigenvalue weighted by atomic mass is 10.1. The highest BCUT2D eigenvalue weighted by molar-refractivity contribution is 6.29. The number of hydrogen-bond donors (Lipinski definition) is 0. The summed E-state index contributed by atoms with van der Waals surface area (Å²) in [6.07, 6.45) is 1.35. The van der Waals surface area contributed by atoms with Crippen molar-refractivity contribution >= 4 is 11.6 Å². The molecule has 0 amide bonds. The van der Waals surface area contributed by atoms with Gasteiger partial charge in [-0.05, 0) is 11.6 Å². The van der Waals surface area contributed by atoms with Crippen LogP contribution in [0.1, 0.15) is 17.5 Å². The zero-order valence-corrected chi connectivity index (χ0v) is 9.56. The number of rotatable bonds is 3. The average Bonchev–Trinajstić information content (AvgIpc) is 2.31. The van der Waals surface area contributed by atoms with Crippen molar-refractivity contribution < 1.29 is 4.74 Å². The summed E-state index contributed by atoms with van der Waals surface area (Å²) in [7, 11) is 1.63. The van der Waals surface area contributed by atoms with E-state index in [0.717, 1.165) is 5.56 Å². The lowest BCUT2D eigenvalue weighted by Crippen LogP contribution is -2.07. The molecule has 0 aliphatic carbocycles. The lowest BCUT2D eigenvalue weighted by Gasteiger charge is -2.13. The molecule has 16 heavy (non-hydrogen) atoms. The van der Waals surface area contributed by atoms with Crippen molar-refractivity contribution in [3.8, 4) is 0 Å². The fraction of sp³-hybridized carbons (Fsp3) is 0.167. The van der Waals surface area contributed by atoms with E-state index in [2.05, 4.69) is 9.97 Å². The van der Waals surface area contributed by atoms with Gasteiger partial charge in [-0.15, -0.1) is 0 Å². The summed E-state index contributed by atoms with van der Waals surface area (Å²) in [5, 5.41) is 0.419. The van der Waals surface area contributed by atoms with E-state index in [-0.39, 0.29) is 6.10 Å². The van der Waals surface area contributed by atoms with E-state index in [0.29, 0.717) is 11.0 Å². The van der Waals surface area contributed by atoms with E-state index in [1.807, 2.05) is 30.3 Å². The molecular formula is C12H11ClN2O. The molecule has 0 N–H and O–H groups in total. The number of aromatic nitrogens is 2. The van der Waals surface area contributed by atoms with Gasteiger partial charge in [0.2, 0.25) is 0 Å². The summed E-state index contributed by atoms with van der Waals surface area (Å²) in [6, 6.07) is 11.4. The minimum absolute atomic E-state index is 0.278. The number of benzene rings is 1. The van der Waals surface area contributed by atoms with Crippen LogP contribution >= 0.6 is 11.6 Å². The Morgan fingerprint density at radius 2 is 1.94 bits per heavy atom. The molecule has 0 saturated carbocycles. The van der Waals surface area contributed by atoms with Gasteiger partial charge in [-0.1, -0.05) is 41.9 Å². The molecule has 1 aromatic heterocycles. The Bertz CT molecular complexity index is 462. The minimum Gasteiger partial charge on any atom is -0.369 e. The number of methoxy groups -OCH3 is 1. The van der Waals surface area contributed by atoms with Gasteiger partial charge in [0.15, 0.2) is 5.82 Å². The molecule has 2 rings (SSSR count). The first-order chi connectivity index (χ1) is 7.81. The molecule has 1 atom stereocenters. The first-order valence-electron chi connectivity index (χ1n) is 4.87. The van der Waals surface area contributed by atoms with Gasteiger partial charge in [0.1, 0.15) is 11.3 Å². The third-order valence-corrected chi connectivity index (χ3v) is 2.42. The van der Waals surface area contributed by atoms with Crippen molar-refractivity contribution in [1.29, 1.82) is 0 Å². The van der Waals surface area contributed by atoms with Gasteiger partial charge in [0.25, 0.3) is 0 Å². The zero-order valence-electron chi connectivity index (χ0n) is 8.80. The van der Waals surface area contributed by atoms with Crippen molar-refractivity contribution in [3.05, 3.63) is 59.1 Å². The van der Waals surface area contributed by atoms with Gasteiger partial charge in [0, 0.05) is 13.3 Å². The Hall–Kier alpha value is -1.45. The van der Waals surface area contributed by atoms with Crippen molar-refractivity contribution in [2.75, 3.05) is 7.11 Å². The Morgan fingerprint density at radius 1 is 1.19 bits per heavy atom. The maximum Gasteiger partial charge on any atom is 0.163 e. The van der Waals surface area contributed by atoms with Crippen LogP contribution in [0.15, 0.2) is 42.6 Å². The summed E-state index contributed by atoms with van der Waals surface area (Å²) in [6.45, 7) is 0. The maximum absolute atomic E-state index is 5.83. The van der Waals surface area contributed by atoms with Gasteiger partial charge in [-0.25, -0.2) is 9.97 Å². The molecule has 0 saturated heterocycles. The molecule has 0 aliphatic rings. The van der Waals surface area contributed by atoms with Crippen LogP contribution in [0.3, 0.4) is 0 Å². The molecule has 0 spiro atoms. The Labute approximate surface area is 99.1 Å². The van der Waals surface area contributed by atoms with E-state index in [9.17, 15) is 0 Å². The Balaban J connectivity index is 2.37. The highest BCUT2D eigenvalue weighted by Gasteiger charge is 2.15. The standard InChI is InChI=1S/C12H11ClN2O/c1-16-11(9-5-3-2-4-6-9)12-14-8-7-10(13)15-12/h2-8,11H,1H3. The fourth-order valence-corrected chi connectivity index (χ4v) is 1.64. The second-order valence-electron chi connectivity index (χ2n) is 3.26. The van der Waals surface area contributed by atoms with Gasteiger partial charge in [-0.3, -0.25) is 0 Å². The normalized spacial score (nSPS) is 12.4. The van der Waals surface area contributed by atoms with Crippen LogP contribution < -0.4 is 0 Å². The highest BCUT2D eigenvalue weighted by Crippen LogP contribution is 2.22. The molecule has 0 aliphatic heterocycles. The molecule has 4 heteroatoms. The first kappa shape index (κ1) is 11.0. The summed E-state index contributed by atoms with van der Waals surface area (Å²) in [5.41, 5.74) is 1.01. The second kappa shape index (κ2) is 5.05. The van der Waals surface area contributed by atoms with E-state index >= 15 is 0 Å². The van der Waals surface area contributed by atoms with Crippen LogP contribution in [0, 0.1) is 0 Å². The van der Waals surface area contributed by atoms with Gasteiger partial charge in [-0.2, -0.15) is 0 Å². The molecule has 3 nitrogen and oxygen atoms in total. The largest absolute Gasteiger partial charge is 0.369 e. The van der Waals surface area contributed by atoms with Gasteiger partial charge in [0.05, 0.1) is 0 Å². The quantitative estimate of drug-likeness (QED) is 0.766. The topological polar surface area (TPSA) is 35.0 Å². The van der Waals surface area contributed by atoms with E-state index in [1.165, 1.54) is 0 Å². The molecule has 0 bridgehead atoms. The smallest absolute Gasteiger partial charge is 0.163 e. The second-order valence-corrected chi connectivity index (χ2v) is 3.65. The first-order valence-corrected chi connectivity index (χ1v) is 5.25. The van der Waals surface area contributed by atoms with Crippen LogP contribution in [0.2, 0.25) is 5.15 Å². The molecule has 82 valence electrons. The summed E-state index contributed by atoms with van der Waals surface area (Å²) in [4.78, 5) is 8.32. The van der Waals surface area contributed by atoms with Crippen LogP contribution in [0.4, 0.5) is 0 Å². The SMILES string of the molecule is COC(c1ccccc1)c1nccc(Cl)n1. The van der Waals surface area contributed by atoms with Gasteiger partial charge < -0.3 is 4.74 Å². The predicted molar refractivity (Wildman–Crippen MR) is 62.3 cm³/mol. The van der Waals surface area contributed by atoms with E-state index in [1.54, 1.807) is 19.4 Å². The molecule has 0 radical (unpaired) electrons. The molecule has 0 fully saturated rings. The van der Waals surface area contributed by atoms with Crippen LogP contribution in [0.25, 0.3) is 0 Å². The van der Waals surface area contributed by atoms with E-state index < -0.39 is 0 Å². The average molecular weight is 235 g/mol. The monoisotopic (exact) mass is 234 g/mol. The summed E-state index contributed by atoms with van der Waals surface area (Å²) < 4.78 is 5.39. The third-order valence-electron chi connectivity index (χ3n) is 2.21. The van der Waals surface area contributed by atoms with Crippen molar-refractivity contribution in [3.63, 3.8) is 0 Å². The van der Waals surface area contributed by atoms with Crippen molar-refractivity contribution in [1.82, 2.24) is 9.97 Å². The Kier molecular flexibility index (Phi) is 3.49. The van der Waals surface area contributed by atoms with Crippen molar-refractivity contribution in [2.45, 2.75) is 6.10 Å². The summed E-state index contributed by atoms with van der Waals surface area (Å²) in [5.74, 6) is 0.571. The van der Waals surface area contributed by atoms with E-state index in [4.69, 9.17) is 16.3 Å². The van der Waals surface area contributed by atoms with Gasteiger partial charge >= 0.3 is 0 Å². The highest BCUT2D eigenvalue weighted by atomic mass is 35.5. The molecule has 1 heterocycles. The minimum atomic E-state index is -0.278. The number of nitrogens with zero attached hydrogens (tertiary/aromatic N) is 2. The molecule has 1 unspecified atom stereocenters. The van der Waals surface area contributed by atoms with Crippen LogP contribution in [0.5, 0.6) is 0 Å². The Morgan fingerprint density at radius 3 is 2.56 bits per heavy atom. The number of hydrogen-bond acceptors (Lipinski definition) is 3. The zero-order chi connectivity index (χ0) is 11.4.